The molecule has 1 heterocycles. The summed E-state index contributed by atoms with van der Waals surface area (Å²) in [7, 11) is 0. The van der Waals surface area contributed by atoms with Gasteiger partial charge >= 0.3 is 0 Å². The van der Waals surface area contributed by atoms with Crippen LogP contribution >= 0.6 is 0 Å². The van der Waals surface area contributed by atoms with Gasteiger partial charge in [0.25, 0.3) is 0 Å². The van der Waals surface area contributed by atoms with Gasteiger partial charge < -0.3 is 10.4 Å². The predicted octanol–water partition coefficient (Wildman–Crippen LogP) is 2.94. The molecule has 122 valence electrons. The Bertz CT molecular complexity index is 434. The van der Waals surface area contributed by atoms with Crippen molar-refractivity contribution in [3.05, 3.63) is 35.9 Å². The molecule has 0 atom stereocenters. The Kier molecular flexibility index (Phi) is 5.51. The van der Waals surface area contributed by atoms with Crippen LogP contribution in [0.3, 0.4) is 0 Å². The second kappa shape index (κ2) is 7.58. The number of nitrogens with zero attached hydrogens (tertiary/aromatic N) is 1. The second-order valence-electron chi connectivity index (χ2n) is 7.20. The average Bonchev–Trinajstić information content (AvgIpc) is 2.56. The van der Waals surface area contributed by atoms with Gasteiger partial charge in [0.05, 0.1) is 5.60 Å². The van der Waals surface area contributed by atoms with Crippen LogP contribution in [-0.4, -0.2) is 41.3 Å². The third kappa shape index (κ3) is 4.55. The fourth-order valence-electron chi connectivity index (χ4n) is 3.86. The zero-order valence-electron chi connectivity index (χ0n) is 13.6. The van der Waals surface area contributed by atoms with Gasteiger partial charge in [0.1, 0.15) is 0 Å². The van der Waals surface area contributed by atoms with Crippen LogP contribution in [0.5, 0.6) is 0 Å². The fraction of sp³-hybridized carbons (Fsp3) is 0.684. The van der Waals surface area contributed by atoms with Crippen molar-refractivity contribution in [2.24, 2.45) is 0 Å². The lowest BCUT2D eigenvalue weighted by molar-refractivity contribution is 0.000669. The van der Waals surface area contributed by atoms with Gasteiger partial charge in [-0.15, -0.1) is 0 Å². The smallest absolute Gasteiger partial charge is 0.0771 e. The topological polar surface area (TPSA) is 35.5 Å². The van der Waals surface area contributed by atoms with E-state index >= 15 is 0 Å². The molecule has 1 saturated carbocycles. The summed E-state index contributed by atoms with van der Waals surface area (Å²) in [6.07, 6.45) is 8.02. The highest BCUT2D eigenvalue weighted by Crippen LogP contribution is 2.27. The van der Waals surface area contributed by atoms with Crippen molar-refractivity contribution < 1.29 is 5.11 Å². The Labute approximate surface area is 134 Å². The van der Waals surface area contributed by atoms with E-state index < -0.39 is 5.60 Å². The molecular weight excluding hydrogens is 272 g/mol. The molecule has 1 saturated heterocycles. The highest BCUT2D eigenvalue weighted by Gasteiger charge is 2.30. The van der Waals surface area contributed by atoms with E-state index in [4.69, 9.17) is 0 Å². The van der Waals surface area contributed by atoms with E-state index in [1.54, 1.807) is 0 Å². The Hall–Kier alpha value is -0.900. The zero-order valence-corrected chi connectivity index (χ0v) is 13.6. The molecule has 0 aromatic heterocycles. The summed E-state index contributed by atoms with van der Waals surface area (Å²) in [6.45, 7) is 4.17. The molecule has 2 aliphatic rings. The number of rotatable bonds is 5. The quantitative estimate of drug-likeness (QED) is 0.878. The summed E-state index contributed by atoms with van der Waals surface area (Å²) in [4.78, 5) is 2.54. The van der Waals surface area contributed by atoms with Crippen LogP contribution in [-0.2, 0) is 6.54 Å². The van der Waals surface area contributed by atoms with E-state index in [1.165, 1.54) is 37.7 Å². The summed E-state index contributed by atoms with van der Waals surface area (Å²) < 4.78 is 0. The minimum atomic E-state index is -0.431. The SMILES string of the molecule is OC1(CNC2CCN(Cc3ccccc3)CC2)CCCCC1. The summed E-state index contributed by atoms with van der Waals surface area (Å²) >= 11 is 0. The number of aliphatic hydroxyl groups is 1. The van der Waals surface area contributed by atoms with Gasteiger partial charge in [-0.3, -0.25) is 4.90 Å². The van der Waals surface area contributed by atoms with Crippen molar-refractivity contribution in [3.8, 4) is 0 Å². The second-order valence-corrected chi connectivity index (χ2v) is 7.20. The number of benzene rings is 1. The molecule has 0 spiro atoms. The van der Waals surface area contributed by atoms with Gasteiger partial charge in [-0.05, 0) is 44.3 Å². The number of likely N-dealkylation sites (tertiary alicyclic amines) is 1. The van der Waals surface area contributed by atoms with E-state index in [0.717, 1.165) is 39.0 Å². The minimum Gasteiger partial charge on any atom is -0.389 e. The molecule has 0 unspecified atom stereocenters. The van der Waals surface area contributed by atoms with E-state index in [9.17, 15) is 5.11 Å². The summed E-state index contributed by atoms with van der Waals surface area (Å²) in [5.41, 5.74) is 0.977. The Morgan fingerprint density at radius 1 is 1.05 bits per heavy atom. The molecule has 1 aromatic carbocycles. The maximum Gasteiger partial charge on any atom is 0.0771 e. The largest absolute Gasteiger partial charge is 0.389 e. The molecule has 1 aromatic rings. The normalized spacial score (nSPS) is 23.5. The summed E-state index contributed by atoms with van der Waals surface area (Å²) in [5.74, 6) is 0. The molecule has 0 bridgehead atoms. The van der Waals surface area contributed by atoms with Crippen LogP contribution < -0.4 is 5.32 Å². The van der Waals surface area contributed by atoms with Crippen molar-refractivity contribution in [1.82, 2.24) is 10.2 Å². The van der Waals surface area contributed by atoms with Crippen molar-refractivity contribution in [3.63, 3.8) is 0 Å². The average molecular weight is 302 g/mol. The van der Waals surface area contributed by atoms with Crippen molar-refractivity contribution >= 4 is 0 Å². The summed E-state index contributed by atoms with van der Waals surface area (Å²) in [5, 5.41) is 14.2. The van der Waals surface area contributed by atoms with Crippen LogP contribution in [0, 0.1) is 0 Å². The zero-order chi connectivity index (χ0) is 15.3. The van der Waals surface area contributed by atoms with E-state index in [-0.39, 0.29) is 0 Å². The Balaban J connectivity index is 1.38. The minimum absolute atomic E-state index is 0.431. The van der Waals surface area contributed by atoms with Crippen molar-refractivity contribution in [2.45, 2.75) is 63.1 Å². The van der Waals surface area contributed by atoms with Crippen LogP contribution in [0.1, 0.15) is 50.5 Å². The van der Waals surface area contributed by atoms with Gasteiger partial charge in [-0.1, -0.05) is 49.6 Å². The third-order valence-electron chi connectivity index (χ3n) is 5.34. The Morgan fingerprint density at radius 3 is 2.41 bits per heavy atom. The first kappa shape index (κ1) is 16.0. The lowest BCUT2D eigenvalue weighted by Gasteiger charge is -2.37. The highest BCUT2D eigenvalue weighted by molar-refractivity contribution is 5.14. The van der Waals surface area contributed by atoms with E-state index in [0.29, 0.717) is 6.04 Å². The fourth-order valence-corrected chi connectivity index (χ4v) is 3.86. The first-order valence-corrected chi connectivity index (χ1v) is 8.96. The molecule has 2 fully saturated rings. The molecule has 1 aliphatic carbocycles. The molecule has 2 N–H and O–H groups in total. The van der Waals surface area contributed by atoms with Crippen LogP contribution in [0.2, 0.25) is 0 Å². The van der Waals surface area contributed by atoms with Gasteiger partial charge in [-0.25, -0.2) is 0 Å². The molecule has 0 amide bonds. The first-order valence-electron chi connectivity index (χ1n) is 8.96. The highest BCUT2D eigenvalue weighted by atomic mass is 16.3. The lowest BCUT2D eigenvalue weighted by atomic mass is 9.84. The summed E-state index contributed by atoms with van der Waals surface area (Å²) in [6, 6.07) is 11.3. The number of hydrogen-bond donors (Lipinski definition) is 2. The Morgan fingerprint density at radius 2 is 1.73 bits per heavy atom. The molecule has 1 aliphatic heterocycles. The van der Waals surface area contributed by atoms with Crippen molar-refractivity contribution in [2.75, 3.05) is 19.6 Å². The van der Waals surface area contributed by atoms with Gasteiger partial charge in [0, 0.05) is 19.1 Å². The van der Waals surface area contributed by atoms with E-state index in [1.807, 2.05) is 0 Å². The maximum atomic E-state index is 10.6. The molecule has 3 heteroatoms. The molecular formula is C19H30N2O. The first-order chi connectivity index (χ1) is 10.7. The third-order valence-corrected chi connectivity index (χ3v) is 5.34. The van der Waals surface area contributed by atoms with Gasteiger partial charge in [-0.2, -0.15) is 0 Å². The number of nitrogens with one attached hydrogen (secondary N) is 1. The van der Waals surface area contributed by atoms with Crippen molar-refractivity contribution in [1.29, 1.82) is 0 Å². The van der Waals surface area contributed by atoms with Crippen LogP contribution in [0.4, 0.5) is 0 Å². The maximum absolute atomic E-state index is 10.6. The molecule has 22 heavy (non-hydrogen) atoms. The van der Waals surface area contributed by atoms with Crippen LogP contribution in [0.25, 0.3) is 0 Å². The van der Waals surface area contributed by atoms with Gasteiger partial charge in [0.15, 0.2) is 0 Å². The van der Waals surface area contributed by atoms with Gasteiger partial charge in [0.2, 0.25) is 0 Å². The molecule has 3 rings (SSSR count). The number of piperidine rings is 1. The van der Waals surface area contributed by atoms with Crippen LogP contribution in [0.15, 0.2) is 30.3 Å². The monoisotopic (exact) mass is 302 g/mol. The number of hydrogen-bond acceptors (Lipinski definition) is 3. The van der Waals surface area contributed by atoms with E-state index in [2.05, 4.69) is 40.5 Å². The molecule has 0 radical (unpaired) electrons. The standard InChI is InChI=1S/C19H30N2O/c22-19(11-5-2-6-12-19)16-20-18-9-13-21(14-10-18)15-17-7-3-1-4-8-17/h1,3-4,7-8,18,20,22H,2,5-6,9-16H2. The molecule has 3 nitrogen and oxygen atoms in total. The lowest BCUT2D eigenvalue weighted by Crippen LogP contribution is -2.49. The predicted molar refractivity (Wildman–Crippen MR) is 90.8 cm³/mol.